The lowest BCUT2D eigenvalue weighted by molar-refractivity contribution is -0.199. The molecule has 4 rings (SSSR count). The lowest BCUT2D eigenvalue weighted by Gasteiger charge is -2.64. The Morgan fingerprint density at radius 2 is 1.85 bits per heavy atom. The van der Waals surface area contributed by atoms with Gasteiger partial charge in [-0.1, -0.05) is 27.7 Å². The molecular weight excluding hydrogens is 350 g/mol. The minimum Gasteiger partial charge on any atom is -0.475 e. The van der Waals surface area contributed by atoms with Crippen molar-refractivity contribution in [3.8, 4) is 0 Å². The fourth-order valence-electron chi connectivity index (χ4n) is 4.74. The number of alkyl halides is 3. The molecule has 0 radical (unpaired) electrons. The summed E-state index contributed by atoms with van der Waals surface area (Å²) in [7, 11) is -0.201. The number of carboxylic acid groups (broad SMARTS) is 1. The van der Waals surface area contributed by atoms with Crippen LogP contribution in [0.4, 0.5) is 13.2 Å². The molecule has 3 saturated carbocycles. The van der Waals surface area contributed by atoms with Gasteiger partial charge < -0.3 is 20.1 Å². The Morgan fingerprint density at radius 3 is 2.27 bits per heavy atom. The minimum absolute atomic E-state index is 0.00253. The molecule has 1 heterocycles. The van der Waals surface area contributed by atoms with Crippen molar-refractivity contribution in [3.05, 3.63) is 0 Å². The summed E-state index contributed by atoms with van der Waals surface area (Å²) in [5.41, 5.74) is 6.56. The SMILES string of the molecule is CC(C)C[C@H](N)B1O[C@H]2C[C@@H]3C[C@H](C3(C)C)[C@@]2(C)O1.O=C(O)C(F)(F)F. The van der Waals surface area contributed by atoms with E-state index in [0.29, 0.717) is 17.3 Å². The molecule has 2 bridgehead atoms. The van der Waals surface area contributed by atoms with Gasteiger partial charge in [0.2, 0.25) is 0 Å². The maximum Gasteiger partial charge on any atom is 0.490 e. The second kappa shape index (κ2) is 6.98. The van der Waals surface area contributed by atoms with Crippen LogP contribution >= 0.6 is 0 Å². The summed E-state index contributed by atoms with van der Waals surface area (Å²) in [6, 6.07) is 0. The maximum atomic E-state index is 10.6. The number of hydrogen-bond donors (Lipinski definition) is 2. The first kappa shape index (κ1) is 21.5. The highest BCUT2D eigenvalue weighted by atomic mass is 19.4. The van der Waals surface area contributed by atoms with Crippen molar-refractivity contribution >= 4 is 13.1 Å². The third-order valence-electron chi connectivity index (χ3n) is 6.30. The number of carbonyl (C=O) groups is 1. The van der Waals surface area contributed by atoms with Crippen molar-refractivity contribution in [2.75, 3.05) is 0 Å². The van der Waals surface area contributed by atoms with Gasteiger partial charge in [-0.15, -0.1) is 0 Å². The molecule has 0 unspecified atom stereocenters. The quantitative estimate of drug-likeness (QED) is 0.736. The Balaban J connectivity index is 0.000000298. The van der Waals surface area contributed by atoms with Crippen molar-refractivity contribution in [2.45, 2.75) is 77.7 Å². The summed E-state index contributed by atoms with van der Waals surface area (Å²) in [5.74, 6) is -0.739. The van der Waals surface area contributed by atoms with Gasteiger partial charge in [-0.05, 0) is 49.4 Å². The molecule has 0 aromatic carbocycles. The molecule has 9 heteroatoms. The number of halogens is 3. The van der Waals surface area contributed by atoms with E-state index in [4.69, 9.17) is 24.9 Å². The van der Waals surface area contributed by atoms with Crippen LogP contribution in [-0.2, 0) is 14.1 Å². The van der Waals surface area contributed by atoms with Crippen molar-refractivity contribution in [2.24, 2.45) is 28.9 Å². The second-order valence-electron chi connectivity index (χ2n) is 8.93. The minimum atomic E-state index is -5.08. The van der Waals surface area contributed by atoms with E-state index in [1.165, 1.54) is 6.42 Å². The van der Waals surface area contributed by atoms with Gasteiger partial charge >= 0.3 is 19.3 Å². The highest BCUT2D eigenvalue weighted by Crippen LogP contribution is 2.65. The summed E-state index contributed by atoms with van der Waals surface area (Å²) in [6.07, 6.45) is -1.42. The first-order chi connectivity index (χ1) is 11.7. The maximum absolute atomic E-state index is 10.6. The first-order valence-corrected chi connectivity index (χ1v) is 9.08. The van der Waals surface area contributed by atoms with E-state index in [1.807, 2.05) is 0 Å². The Kier molecular flexibility index (Phi) is 5.77. The van der Waals surface area contributed by atoms with E-state index in [0.717, 1.165) is 18.8 Å². The standard InChI is InChI=1S/C15H28BNO2.C2HF3O2/c1-9(2)6-13(17)16-18-12-8-10-7-11(14(10,3)4)15(12,5)19-16;3-2(4,5)1(6)7/h9-13H,6-8,17H2,1-5H3;(H,6,7)/t10-,11+,12-,13-,15+;/m0./s1. The van der Waals surface area contributed by atoms with Gasteiger partial charge in [0, 0.05) is 5.94 Å². The second-order valence-corrected chi connectivity index (χ2v) is 8.93. The van der Waals surface area contributed by atoms with E-state index < -0.39 is 12.1 Å². The van der Waals surface area contributed by atoms with Gasteiger partial charge in [-0.2, -0.15) is 13.2 Å². The fraction of sp³-hybridized carbons (Fsp3) is 0.941. The Morgan fingerprint density at radius 1 is 1.31 bits per heavy atom. The van der Waals surface area contributed by atoms with Gasteiger partial charge in [0.05, 0.1) is 11.7 Å². The Labute approximate surface area is 152 Å². The van der Waals surface area contributed by atoms with E-state index in [-0.39, 0.29) is 24.8 Å². The largest absolute Gasteiger partial charge is 0.490 e. The third kappa shape index (κ3) is 3.89. The molecule has 3 aliphatic carbocycles. The Hall–Kier alpha value is -0.795. The zero-order valence-electron chi connectivity index (χ0n) is 16.0. The molecular formula is C17H29BF3NO4. The van der Waals surface area contributed by atoms with E-state index in [9.17, 15) is 13.2 Å². The molecule has 4 fully saturated rings. The van der Waals surface area contributed by atoms with Crippen molar-refractivity contribution in [1.82, 2.24) is 0 Å². The summed E-state index contributed by atoms with van der Waals surface area (Å²) < 4.78 is 44.3. The van der Waals surface area contributed by atoms with Gasteiger partial charge in [0.15, 0.2) is 0 Å². The fourth-order valence-corrected chi connectivity index (χ4v) is 4.74. The molecule has 5 nitrogen and oxygen atoms in total. The first-order valence-electron chi connectivity index (χ1n) is 9.08. The molecule has 26 heavy (non-hydrogen) atoms. The molecule has 5 atom stereocenters. The predicted octanol–water partition coefficient (Wildman–Crippen LogP) is 3.26. The number of nitrogens with two attached hydrogens (primary N) is 1. The average Bonchev–Trinajstić information content (AvgIpc) is 2.83. The molecule has 1 aliphatic heterocycles. The molecule has 0 aromatic heterocycles. The van der Waals surface area contributed by atoms with Gasteiger partial charge in [0.1, 0.15) is 0 Å². The molecule has 0 aromatic rings. The zero-order valence-corrected chi connectivity index (χ0v) is 16.0. The highest BCUT2D eigenvalue weighted by molar-refractivity contribution is 6.47. The van der Waals surface area contributed by atoms with Crippen LogP contribution in [0.15, 0.2) is 0 Å². The number of rotatable bonds is 3. The predicted molar refractivity (Wildman–Crippen MR) is 91.2 cm³/mol. The normalized spacial score (nSPS) is 35.9. The summed E-state index contributed by atoms with van der Waals surface area (Å²) >= 11 is 0. The van der Waals surface area contributed by atoms with Crippen molar-refractivity contribution in [1.29, 1.82) is 0 Å². The van der Waals surface area contributed by atoms with Crippen LogP contribution in [0.1, 0.15) is 53.9 Å². The molecule has 0 spiro atoms. The number of hydrogen-bond acceptors (Lipinski definition) is 4. The summed E-state index contributed by atoms with van der Waals surface area (Å²) in [4.78, 5) is 8.90. The molecule has 1 saturated heterocycles. The lowest BCUT2D eigenvalue weighted by atomic mass is 9.43. The number of aliphatic carboxylic acids is 1. The van der Waals surface area contributed by atoms with Crippen LogP contribution in [0.5, 0.6) is 0 Å². The van der Waals surface area contributed by atoms with Crippen LogP contribution in [0.25, 0.3) is 0 Å². The summed E-state index contributed by atoms with van der Waals surface area (Å²) in [5, 5.41) is 7.12. The van der Waals surface area contributed by atoms with Crippen LogP contribution in [0.3, 0.4) is 0 Å². The summed E-state index contributed by atoms with van der Waals surface area (Å²) in [6.45, 7) is 11.4. The lowest BCUT2D eigenvalue weighted by Crippen LogP contribution is -2.65. The molecule has 4 aliphatic rings. The molecule has 0 amide bonds. The van der Waals surface area contributed by atoms with Crippen LogP contribution in [-0.4, -0.2) is 42.0 Å². The van der Waals surface area contributed by atoms with E-state index in [1.54, 1.807) is 0 Å². The van der Waals surface area contributed by atoms with Crippen LogP contribution in [0.2, 0.25) is 0 Å². The monoisotopic (exact) mass is 379 g/mol. The third-order valence-corrected chi connectivity index (χ3v) is 6.30. The van der Waals surface area contributed by atoms with E-state index >= 15 is 0 Å². The van der Waals surface area contributed by atoms with Crippen molar-refractivity contribution < 1.29 is 32.4 Å². The van der Waals surface area contributed by atoms with Crippen LogP contribution in [0, 0.1) is 23.2 Å². The van der Waals surface area contributed by atoms with Gasteiger partial charge in [-0.25, -0.2) is 4.79 Å². The number of carboxylic acids is 1. The smallest absolute Gasteiger partial charge is 0.475 e. The Bertz CT molecular complexity index is 543. The average molecular weight is 379 g/mol. The highest BCUT2D eigenvalue weighted by Gasteiger charge is 2.68. The molecule has 150 valence electrons. The topological polar surface area (TPSA) is 81.8 Å². The molecule has 3 N–H and O–H groups in total. The van der Waals surface area contributed by atoms with Gasteiger partial charge in [0.25, 0.3) is 0 Å². The van der Waals surface area contributed by atoms with Crippen LogP contribution < -0.4 is 5.73 Å². The zero-order chi connectivity index (χ0) is 20.1. The van der Waals surface area contributed by atoms with Gasteiger partial charge in [-0.3, -0.25) is 0 Å². The van der Waals surface area contributed by atoms with E-state index in [2.05, 4.69) is 34.6 Å². The van der Waals surface area contributed by atoms with Crippen molar-refractivity contribution in [3.63, 3.8) is 0 Å².